The zero-order valence-electron chi connectivity index (χ0n) is 17.0. The third-order valence-electron chi connectivity index (χ3n) is 5.51. The average molecular weight is 427 g/mol. The van der Waals surface area contributed by atoms with Crippen molar-refractivity contribution < 1.29 is 4.79 Å². The highest BCUT2D eigenvalue weighted by atomic mass is 32.1. The minimum Gasteiger partial charge on any atom is -0.331 e. The molecule has 3 aromatic heterocycles. The Labute approximate surface area is 185 Å². The number of carbonyl (C=O) groups is 1. The summed E-state index contributed by atoms with van der Waals surface area (Å²) in [4.78, 5) is 20.5. The van der Waals surface area contributed by atoms with Crippen LogP contribution in [0.2, 0.25) is 0 Å². The molecule has 1 aromatic carbocycles. The molecule has 0 aliphatic carbocycles. The smallest absolute Gasteiger partial charge is 0.247 e. The van der Waals surface area contributed by atoms with Crippen molar-refractivity contribution in [2.45, 2.75) is 18.9 Å². The largest absolute Gasteiger partial charge is 0.331 e. The fraction of sp³-hybridized carbons (Fsp3) is 0.160. The Hall–Kier alpha value is -3.51. The van der Waals surface area contributed by atoms with Gasteiger partial charge in [-0.25, -0.2) is 4.68 Å². The van der Waals surface area contributed by atoms with E-state index in [9.17, 15) is 4.79 Å². The highest BCUT2D eigenvalue weighted by Gasteiger charge is 2.29. The average Bonchev–Trinajstić information content (AvgIpc) is 3.59. The lowest BCUT2D eigenvalue weighted by Gasteiger charge is -2.22. The lowest BCUT2D eigenvalue weighted by molar-refractivity contribution is -0.126. The highest BCUT2D eigenvalue weighted by Crippen LogP contribution is 2.34. The first-order valence-corrected chi connectivity index (χ1v) is 11.2. The predicted octanol–water partition coefficient (Wildman–Crippen LogP) is 5.37. The van der Waals surface area contributed by atoms with E-state index in [2.05, 4.69) is 22.5 Å². The molecular formula is C25H22N4OS. The summed E-state index contributed by atoms with van der Waals surface area (Å²) in [6.07, 6.45) is 11.1. The second-order valence-corrected chi connectivity index (χ2v) is 8.47. The van der Waals surface area contributed by atoms with Gasteiger partial charge in [0.25, 0.3) is 0 Å². The summed E-state index contributed by atoms with van der Waals surface area (Å²) in [5.74, 6) is 0.0421. The fourth-order valence-electron chi connectivity index (χ4n) is 4.01. The third-order valence-corrected chi connectivity index (χ3v) is 6.48. The van der Waals surface area contributed by atoms with Crippen LogP contribution in [0.1, 0.15) is 29.3 Å². The first kappa shape index (κ1) is 19.5. The van der Waals surface area contributed by atoms with E-state index in [4.69, 9.17) is 5.10 Å². The number of para-hydroxylation sites is 1. The van der Waals surface area contributed by atoms with Crippen LogP contribution in [0.25, 0.3) is 23.0 Å². The Morgan fingerprint density at radius 3 is 2.77 bits per heavy atom. The van der Waals surface area contributed by atoms with Gasteiger partial charge in [-0.15, -0.1) is 11.3 Å². The van der Waals surface area contributed by atoms with Crippen LogP contribution in [0.3, 0.4) is 0 Å². The van der Waals surface area contributed by atoms with E-state index in [0.717, 1.165) is 41.9 Å². The van der Waals surface area contributed by atoms with Crippen molar-refractivity contribution in [3.63, 3.8) is 0 Å². The van der Waals surface area contributed by atoms with Crippen LogP contribution < -0.4 is 0 Å². The first-order chi connectivity index (χ1) is 15.3. The van der Waals surface area contributed by atoms with Gasteiger partial charge < -0.3 is 4.90 Å². The SMILES string of the molecule is O=C(/C=C/c1cn(-c2ccccc2)nc1-c1cccnc1)N1CCCC1c1cccs1. The molecule has 1 saturated heterocycles. The molecule has 4 heterocycles. The number of benzene rings is 1. The Morgan fingerprint density at radius 2 is 2.00 bits per heavy atom. The summed E-state index contributed by atoms with van der Waals surface area (Å²) in [6, 6.07) is 18.2. The number of carbonyl (C=O) groups excluding carboxylic acids is 1. The molecule has 0 N–H and O–H groups in total. The second-order valence-electron chi connectivity index (χ2n) is 7.49. The maximum atomic E-state index is 13.1. The molecule has 154 valence electrons. The fourth-order valence-corrected chi connectivity index (χ4v) is 4.89. The van der Waals surface area contributed by atoms with Crippen LogP contribution in [0.4, 0.5) is 0 Å². The molecule has 1 aliphatic rings. The Balaban J connectivity index is 1.46. The van der Waals surface area contributed by atoms with Crippen LogP contribution in [0, 0.1) is 0 Å². The summed E-state index contributed by atoms with van der Waals surface area (Å²) in [7, 11) is 0. The van der Waals surface area contributed by atoms with Crippen molar-refractivity contribution in [1.82, 2.24) is 19.7 Å². The number of hydrogen-bond donors (Lipinski definition) is 0. The molecule has 1 unspecified atom stereocenters. The summed E-state index contributed by atoms with van der Waals surface area (Å²) < 4.78 is 1.84. The molecule has 5 nitrogen and oxygen atoms in total. The van der Waals surface area contributed by atoms with Crippen molar-refractivity contribution in [2.24, 2.45) is 0 Å². The molecule has 0 radical (unpaired) electrons. The van der Waals surface area contributed by atoms with Crippen molar-refractivity contribution >= 4 is 23.3 Å². The number of rotatable bonds is 5. The van der Waals surface area contributed by atoms with Gasteiger partial charge in [-0.1, -0.05) is 24.3 Å². The molecule has 1 fully saturated rings. The van der Waals surface area contributed by atoms with Crippen LogP contribution in [0.5, 0.6) is 0 Å². The van der Waals surface area contributed by atoms with E-state index in [1.807, 2.05) is 64.3 Å². The Kier molecular flexibility index (Phi) is 5.46. The monoisotopic (exact) mass is 426 g/mol. The highest BCUT2D eigenvalue weighted by molar-refractivity contribution is 7.10. The van der Waals surface area contributed by atoms with Gasteiger partial charge in [-0.2, -0.15) is 5.10 Å². The van der Waals surface area contributed by atoms with E-state index < -0.39 is 0 Å². The van der Waals surface area contributed by atoms with E-state index in [0.29, 0.717) is 0 Å². The van der Waals surface area contributed by atoms with Crippen molar-refractivity contribution in [3.8, 4) is 16.9 Å². The summed E-state index contributed by atoms with van der Waals surface area (Å²) in [6.45, 7) is 0.796. The minimum atomic E-state index is 0.0421. The molecule has 1 atom stereocenters. The number of hydrogen-bond acceptors (Lipinski definition) is 4. The maximum Gasteiger partial charge on any atom is 0.247 e. The minimum absolute atomic E-state index is 0.0421. The number of pyridine rings is 1. The normalized spacial score (nSPS) is 16.3. The van der Waals surface area contributed by atoms with Crippen LogP contribution in [0.15, 0.2) is 84.6 Å². The zero-order valence-corrected chi connectivity index (χ0v) is 17.8. The number of amides is 1. The molecule has 4 aromatic rings. The van der Waals surface area contributed by atoms with E-state index in [1.54, 1.807) is 29.8 Å². The second kappa shape index (κ2) is 8.70. The molecule has 6 heteroatoms. The van der Waals surface area contributed by atoms with Gasteiger partial charge in [0.05, 0.1) is 11.7 Å². The topological polar surface area (TPSA) is 51.0 Å². The van der Waals surface area contributed by atoms with Gasteiger partial charge >= 0.3 is 0 Å². The summed E-state index contributed by atoms with van der Waals surface area (Å²) >= 11 is 1.72. The number of likely N-dealkylation sites (tertiary alicyclic amines) is 1. The van der Waals surface area contributed by atoms with E-state index >= 15 is 0 Å². The van der Waals surface area contributed by atoms with Crippen molar-refractivity contribution in [2.75, 3.05) is 6.54 Å². The molecule has 1 amide bonds. The molecule has 5 rings (SSSR count). The van der Waals surface area contributed by atoms with E-state index in [-0.39, 0.29) is 11.9 Å². The van der Waals surface area contributed by atoms with Crippen LogP contribution >= 0.6 is 11.3 Å². The van der Waals surface area contributed by atoms with Crippen molar-refractivity contribution in [1.29, 1.82) is 0 Å². The lowest BCUT2D eigenvalue weighted by atomic mass is 10.1. The van der Waals surface area contributed by atoms with Gasteiger partial charge in [0, 0.05) is 47.2 Å². The molecule has 0 saturated carbocycles. The standard InChI is InChI=1S/C25H22N4OS/c30-24(28-15-5-10-22(28)23-11-6-16-31-23)13-12-20-18-29(21-8-2-1-3-9-21)27-25(20)19-7-4-14-26-17-19/h1-4,6-9,11-14,16-18,22H,5,10,15H2/b13-12+. The predicted molar refractivity (Wildman–Crippen MR) is 124 cm³/mol. The van der Waals surface area contributed by atoms with Gasteiger partial charge in [-0.3, -0.25) is 9.78 Å². The number of thiophene rings is 1. The molecule has 0 bridgehead atoms. The first-order valence-electron chi connectivity index (χ1n) is 10.4. The van der Waals surface area contributed by atoms with Crippen LogP contribution in [-0.2, 0) is 4.79 Å². The third kappa shape index (κ3) is 4.07. The van der Waals surface area contributed by atoms with Gasteiger partial charge in [0.1, 0.15) is 5.69 Å². The molecule has 0 spiro atoms. The lowest BCUT2D eigenvalue weighted by Crippen LogP contribution is -2.28. The molecule has 1 aliphatic heterocycles. The van der Waals surface area contributed by atoms with Crippen LogP contribution in [-0.4, -0.2) is 32.1 Å². The Morgan fingerprint density at radius 1 is 1.10 bits per heavy atom. The zero-order chi connectivity index (χ0) is 21.0. The number of aromatic nitrogens is 3. The van der Waals surface area contributed by atoms with Gasteiger partial charge in [-0.05, 0) is 54.6 Å². The summed E-state index contributed by atoms with van der Waals surface area (Å²) in [5, 5.41) is 6.86. The molecule has 31 heavy (non-hydrogen) atoms. The van der Waals surface area contributed by atoms with E-state index in [1.165, 1.54) is 4.88 Å². The quantitative estimate of drug-likeness (QED) is 0.403. The van der Waals surface area contributed by atoms with Gasteiger partial charge in [0.2, 0.25) is 5.91 Å². The van der Waals surface area contributed by atoms with Gasteiger partial charge in [0.15, 0.2) is 0 Å². The van der Waals surface area contributed by atoms with Crippen molar-refractivity contribution in [3.05, 3.63) is 95.1 Å². The number of nitrogens with zero attached hydrogens (tertiary/aromatic N) is 4. The molecular weight excluding hydrogens is 404 g/mol. The summed E-state index contributed by atoms with van der Waals surface area (Å²) in [5.41, 5.74) is 3.58. The maximum absolute atomic E-state index is 13.1. The Bertz CT molecular complexity index is 1180.